The molecule has 0 radical (unpaired) electrons. The molecule has 2 rings (SSSR count). The van der Waals surface area contributed by atoms with Crippen LogP contribution in [0.2, 0.25) is 0 Å². The van der Waals surface area contributed by atoms with Crippen molar-refractivity contribution in [2.24, 2.45) is 5.14 Å². The van der Waals surface area contributed by atoms with Crippen molar-refractivity contribution in [1.29, 1.82) is 0 Å². The van der Waals surface area contributed by atoms with Crippen molar-refractivity contribution in [3.63, 3.8) is 0 Å². The second kappa shape index (κ2) is 6.60. The van der Waals surface area contributed by atoms with Crippen molar-refractivity contribution in [1.82, 2.24) is 10.2 Å². The standard InChI is InChI=1S/C11H13N5O3S3/c1-6-2-3-7(4-8(6)22(13,18)19)14-9(17)5-20-11-16-15-10(12)21-11/h2-4H,5H2,1H3,(H2,12,15)(H,14,17)(H2,13,18,19). The summed E-state index contributed by atoms with van der Waals surface area (Å²) in [6.45, 7) is 1.63. The summed E-state index contributed by atoms with van der Waals surface area (Å²) in [5.41, 5.74) is 6.31. The quantitative estimate of drug-likeness (QED) is 0.671. The van der Waals surface area contributed by atoms with E-state index in [1.165, 1.54) is 29.2 Å². The van der Waals surface area contributed by atoms with E-state index in [9.17, 15) is 13.2 Å². The molecule has 1 amide bonds. The number of primary sulfonamides is 1. The molecule has 0 aliphatic carbocycles. The van der Waals surface area contributed by atoms with Gasteiger partial charge in [0.05, 0.1) is 10.6 Å². The number of carbonyl (C=O) groups excluding carboxylic acids is 1. The van der Waals surface area contributed by atoms with Crippen LogP contribution < -0.4 is 16.2 Å². The molecule has 0 spiro atoms. The zero-order chi connectivity index (χ0) is 16.3. The number of amides is 1. The molecule has 8 nitrogen and oxygen atoms in total. The molecule has 118 valence electrons. The number of carbonyl (C=O) groups is 1. The van der Waals surface area contributed by atoms with Crippen LogP contribution in [0.25, 0.3) is 0 Å². The van der Waals surface area contributed by atoms with E-state index in [0.717, 1.165) is 0 Å². The molecule has 0 aliphatic rings. The van der Waals surface area contributed by atoms with Gasteiger partial charge in [0, 0.05) is 5.69 Å². The Morgan fingerprint density at radius 2 is 2.14 bits per heavy atom. The fraction of sp³-hybridized carbons (Fsp3) is 0.182. The van der Waals surface area contributed by atoms with E-state index in [2.05, 4.69) is 15.5 Å². The maximum Gasteiger partial charge on any atom is 0.238 e. The number of aromatic nitrogens is 2. The summed E-state index contributed by atoms with van der Waals surface area (Å²) in [5.74, 6) is -0.198. The van der Waals surface area contributed by atoms with Crippen molar-refractivity contribution in [3.8, 4) is 0 Å². The van der Waals surface area contributed by atoms with E-state index in [0.29, 0.717) is 20.7 Å². The number of thioether (sulfide) groups is 1. The summed E-state index contributed by atoms with van der Waals surface area (Å²) in [5, 5.41) is 15.5. The van der Waals surface area contributed by atoms with Crippen LogP contribution in [-0.4, -0.2) is 30.3 Å². The number of nitrogens with two attached hydrogens (primary N) is 2. The molecule has 1 aromatic heterocycles. The number of rotatable bonds is 5. The van der Waals surface area contributed by atoms with Crippen molar-refractivity contribution in [2.45, 2.75) is 16.2 Å². The largest absolute Gasteiger partial charge is 0.374 e. The minimum Gasteiger partial charge on any atom is -0.374 e. The summed E-state index contributed by atoms with van der Waals surface area (Å²) in [4.78, 5) is 11.8. The van der Waals surface area contributed by atoms with Gasteiger partial charge in [0.25, 0.3) is 0 Å². The predicted molar refractivity (Wildman–Crippen MR) is 86.2 cm³/mol. The van der Waals surface area contributed by atoms with Gasteiger partial charge < -0.3 is 11.1 Å². The molecule has 0 unspecified atom stereocenters. The number of hydrogen-bond acceptors (Lipinski definition) is 8. The first-order chi connectivity index (χ1) is 10.3. The van der Waals surface area contributed by atoms with Gasteiger partial charge in [-0.1, -0.05) is 29.2 Å². The van der Waals surface area contributed by atoms with Crippen LogP contribution >= 0.6 is 23.1 Å². The molecule has 0 fully saturated rings. The topological polar surface area (TPSA) is 141 Å². The number of sulfonamides is 1. The summed E-state index contributed by atoms with van der Waals surface area (Å²) < 4.78 is 23.5. The smallest absolute Gasteiger partial charge is 0.238 e. The average Bonchev–Trinajstić information content (AvgIpc) is 2.83. The number of anilines is 2. The molecule has 0 atom stereocenters. The summed E-state index contributed by atoms with van der Waals surface area (Å²) in [7, 11) is -3.83. The van der Waals surface area contributed by atoms with Gasteiger partial charge in [-0.15, -0.1) is 10.2 Å². The molecule has 11 heteroatoms. The average molecular weight is 359 g/mol. The minimum absolute atomic E-state index is 0.0187. The van der Waals surface area contributed by atoms with Gasteiger partial charge >= 0.3 is 0 Å². The van der Waals surface area contributed by atoms with Crippen LogP contribution in [0, 0.1) is 6.92 Å². The van der Waals surface area contributed by atoms with Crippen molar-refractivity contribution >= 4 is 49.8 Å². The summed E-state index contributed by atoms with van der Waals surface area (Å²) >= 11 is 2.38. The van der Waals surface area contributed by atoms with Crippen molar-refractivity contribution in [2.75, 3.05) is 16.8 Å². The number of nitrogen functional groups attached to an aromatic ring is 1. The molecule has 0 aliphatic heterocycles. The zero-order valence-electron chi connectivity index (χ0n) is 11.4. The molecule has 1 aromatic carbocycles. The highest BCUT2D eigenvalue weighted by molar-refractivity contribution is 8.01. The third-order valence-electron chi connectivity index (χ3n) is 2.53. The van der Waals surface area contributed by atoms with Crippen LogP contribution in [0.5, 0.6) is 0 Å². The summed E-state index contributed by atoms with van der Waals surface area (Å²) in [6, 6.07) is 4.51. The Hall–Kier alpha value is -1.69. The third kappa shape index (κ3) is 4.40. The maximum atomic E-state index is 11.9. The highest BCUT2D eigenvalue weighted by atomic mass is 32.2. The van der Waals surface area contributed by atoms with Crippen LogP contribution in [0.3, 0.4) is 0 Å². The lowest BCUT2D eigenvalue weighted by molar-refractivity contribution is -0.113. The molecule has 22 heavy (non-hydrogen) atoms. The van der Waals surface area contributed by atoms with Crippen LogP contribution in [-0.2, 0) is 14.8 Å². The van der Waals surface area contributed by atoms with Gasteiger partial charge in [0.15, 0.2) is 4.34 Å². The Morgan fingerprint density at radius 1 is 1.41 bits per heavy atom. The highest BCUT2D eigenvalue weighted by Crippen LogP contribution is 2.24. The Labute approximate surface area is 135 Å². The van der Waals surface area contributed by atoms with E-state index < -0.39 is 10.0 Å². The van der Waals surface area contributed by atoms with Gasteiger partial charge in [0.1, 0.15) is 0 Å². The Kier molecular flexibility index (Phi) is 5.01. The van der Waals surface area contributed by atoms with Gasteiger partial charge in [-0.25, -0.2) is 13.6 Å². The molecule has 1 heterocycles. The lowest BCUT2D eigenvalue weighted by Gasteiger charge is -2.08. The second-order valence-corrected chi connectivity index (χ2v) is 8.03. The van der Waals surface area contributed by atoms with Crippen LogP contribution in [0.4, 0.5) is 10.8 Å². The molecule has 2 aromatic rings. The Bertz CT molecular complexity index is 803. The highest BCUT2D eigenvalue weighted by Gasteiger charge is 2.13. The van der Waals surface area contributed by atoms with E-state index in [1.807, 2.05) is 0 Å². The fourth-order valence-corrected chi connectivity index (χ4v) is 3.83. The number of nitrogens with zero attached hydrogens (tertiary/aromatic N) is 2. The number of hydrogen-bond donors (Lipinski definition) is 3. The first kappa shape index (κ1) is 16.7. The number of nitrogens with one attached hydrogen (secondary N) is 1. The van der Waals surface area contributed by atoms with Crippen LogP contribution in [0.1, 0.15) is 5.56 Å². The van der Waals surface area contributed by atoms with E-state index in [1.54, 1.807) is 19.1 Å². The molecular formula is C11H13N5O3S3. The first-order valence-electron chi connectivity index (χ1n) is 5.91. The molecular weight excluding hydrogens is 346 g/mol. The Balaban J connectivity index is 2.02. The Morgan fingerprint density at radius 3 is 2.73 bits per heavy atom. The summed E-state index contributed by atoms with van der Waals surface area (Å²) in [6.07, 6.45) is 0. The lowest BCUT2D eigenvalue weighted by atomic mass is 10.2. The van der Waals surface area contributed by atoms with E-state index in [4.69, 9.17) is 10.9 Å². The molecule has 5 N–H and O–H groups in total. The second-order valence-electron chi connectivity index (χ2n) is 4.27. The zero-order valence-corrected chi connectivity index (χ0v) is 13.9. The van der Waals surface area contributed by atoms with E-state index >= 15 is 0 Å². The fourth-order valence-electron chi connectivity index (χ4n) is 1.59. The van der Waals surface area contributed by atoms with Crippen molar-refractivity contribution in [3.05, 3.63) is 23.8 Å². The number of benzene rings is 1. The van der Waals surface area contributed by atoms with Gasteiger partial charge in [-0.3, -0.25) is 4.79 Å². The van der Waals surface area contributed by atoms with Gasteiger partial charge in [0.2, 0.25) is 21.1 Å². The SMILES string of the molecule is Cc1ccc(NC(=O)CSc2nnc(N)s2)cc1S(N)(=O)=O. The maximum absolute atomic E-state index is 11.9. The monoisotopic (exact) mass is 359 g/mol. The molecule has 0 bridgehead atoms. The normalized spacial score (nSPS) is 11.4. The first-order valence-corrected chi connectivity index (χ1v) is 9.25. The van der Waals surface area contributed by atoms with Gasteiger partial charge in [-0.05, 0) is 24.6 Å². The third-order valence-corrected chi connectivity index (χ3v) is 5.47. The lowest BCUT2D eigenvalue weighted by Crippen LogP contribution is -2.17. The molecule has 0 saturated heterocycles. The van der Waals surface area contributed by atoms with Crippen LogP contribution in [0.15, 0.2) is 27.4 Å². The minimum atomic E-state index is -3.83. The van der Waals surface area contributed by atoms with E-state index in [-0.39, 0.29) is 16.6 Å². The predicted octanol–water partition coefficient (Wildman–Crippen LogP) is 0.807. The van der Waals surface area contributed by atoms with Gasteiger partial charge in [-0.2, -0.15) is 0 Å². The molecule has 0 saturated carbocycles. The van der Waals surface area contributed by atoms with Crippen molar-refractivity contribution < 1.29 is 13.2 Å². The number of aryl methyl sites for hydroxylation is 1.